The molecular weight excluding hydrogens is 904 g/mol. The maximum atomic E-state index is 12.9. The lowest BCUT2D eigenvalue weighted by Gasteiger charge is -2.21. The highest BCUT2D eigenvalue weighted by Crippen LogP contribution is 2.43. The molecule has 0 radical (unpaired) electrons. The zero-order valence-corrected chi connectivity index (χ0v) is 45.1. The Labute approximate surface area is 426 Å². The molecule has 0 aliphatic rings. The second-order valence-corrected chi connectivity index (χ2v) is 19.5. The number of hydrogen-bond donors (Lipinski definition) is 2. The van der Waals surface area contributed by atoms with Crippen LogP contribution >= 0.6 is 7.82 Å². The molecule has 0 bridgehead atoms. The number of allylic oxidation sites excluding steroid dienone is 14. The number of esters is 3. The molecule has 3 unspecified atom stereocenters. The van der Waals surface area contributed by atoms with Crippen molar-refractivity contribution in [1.82, 2.24) is 0 Å². The summed E-state index contributed by atoms with van der Waals surface area (Å²) >= 11 is 0. The largest absolute Gasteiger partial charge is 0.472 e. The number of carbonyl (C=O) groups is 3. The molecule has 0 amide bonds. The molecule has 0 aromatic heterocycles. The Kier molecular flexibility index (Phi) is 49.5. The summed E-state index contributed by atoms with van der Waals surface area (Å²) in [5, 5.41) is 9.80. The molecule has 0 aliphatic carbocycles. The van der Waals surface area contributed by atoms with Gasteiger partial charge in [-0.15, -0.1) is 0 Å². The number of aliphatic hydroxyl groups excluding tert-OH is 1. The average Bonchev–Trinajstić information content (AvgIpc) is 3.35. The van der Waals surface area contributed by atoms with Crippen LogP contribution in [0.1, 0.15) is 226 Å². The van der Waals surface area contributed by atoms with E-state index in [9.17, 15) is 28.9 Å². The van der Waals surface area contributed by atoms with Crippen molar-refractivity contribution in [2.45, 2.75) is 238 Å². The lowest BCUT2D eigenvalue weighted by Crippen LogP contribution is -2.30. The Morgan fingerprint density at radius 1 is 0.414 bits per heavy atom. The van der Waals surface area contributed by atoms with Crippen LogP contribution in [0.25, 0.3) is 0 Å². The van der Waals surface area contributed by atoms with Crippen LogP contribution in [-0.4, -0.2) is 66.5 Å². The number of rotatable bonds is 50. The summed E-state index contributed by atoms with van der Waals surface area (Å²) in [4.78, 5) is 48.3. The number of unbranched alkanes of at least 4 members (excludes halogenated alkanes) is 19. The van der Waals surface area contributed by atoms with Gasteiger partial charge >= 0.3 is 25.7 Å². The number of ether oxygens (including phenoxy) is 3. The SMILES string of the molecule is CC/C=C\C/C=C\C/C=C\C/C=C\C/C=C\CCCC(=O)OC(COC(=O)CCCCCCCCCCC)COP(=O)(O)OCC(CO)OC(=O)CCCCCCCCC/C=C\C/C=C\CCCCC. The Morgan fingerprint density at radius 2 is 0.757 bits per heavy atom. The second kappa shape index (κ2) is 52.0. The van der Waals surface area contributed by atoms with Gasteiger partial charge in [-0.25, -0.2) is 4.57 Å². The molecule has 0 heterocycles. The van der Waals surface area contributed by atoms with Crippen LogP contribution in [0.5, 0.6) is 0 Å². The van der Waals surface area contributed by atoms with Gasteiger partial charge in [-0.3, -0.25) is 23.4 Å². The molecule has 2 N–H and O–H groups in total. The van der Waals surface area contributed by atoms with E-state index in [2.05, 4.69) is 93.7 Å². The van der Waals surface area contributed by atoms with Crippen molar-refractivity contribution in [2.75, 3.05) is 26.4 Å². The summed E-state index contributed by atoms with van der Waals surface area (Å²) in [6, 6.07) is 0. The van der Waals surface area contributed by atoms with E-state index in [1.807, 2.05) is 12.2 Å². The van der Waals surface area contributed by atoms with Crippen LogP contribution in [-0.2, 0) is 42.2 Å². The molecule has 0 aliphatic heterocycles. The van der Waals surface area contributed by atoms with Gasteiger partial charge in [-0.1, -0.05) is 202 Å². The van der Waals surface area contributed by atoms with E-state index in [4.69, 9.17) is 23.3 Å². The quantitative estimate of drug-likeness (QED) is 0.0197. The molecular formula is C58H99O11P. The maximum Gasteiger partial charge on any atom is 0.472 e. The Hall–Kier alpha value is -3.34. The zero-order chi connectivity index (χ0) is 51.3. The topological polar surface area (TPSA) is 155 Å². The third-order valence-electron chi connectivity index (χ3n) is 11.3. The van der Waals surface area contributed by atoms with Gasteiger partial charge in [0.2, 0.25) is 0 Å². The fourth-order valence-electron chi connectivity index (χ4n) is 7.13. The highest BCUT2D eigenvalue weighted by molar-refractivity contribution is 7.47. The normalized spacial score (nSPS) is 14.1. The van der Waals surface area contributed by atoms with Crippen molar-refractivity contribution < 1.29 is 52.2 Å². The van der Waals surface area contributed by atoms with Crippen LogP contribution < -0.4 is 0 Å². The van der Waals surface area contributed by atoms with Crippen molar-refractivity contribution in [2.24, 2.45) is 0 Å². The molecule has 0 spiro atoms. The molecule has 402 valence electrons. The minimum atomic E-state index is -4.76. The van der Waals surface area contributed by atoms with E-state index in [0.717, 1.165) is 89.9 Å². The lowest BCUT2D eigenvalue weighted by molar-refractivity contribution is -0.161. The third kappa shape index (κ3) is 49.6. The average molecular weight is 1000 g/mol. The monoisotopic (exact) mass is 1000 g/mol. The van der Waals surface area contributed by atoms with Gasteiger partial charge < -0.3 is 24.2 Å². The lowest BCUT2D eigenvalue weighted by atomic mass is 10.1. The van der Waals surface area contributed by atoms with Crippen LogP contribution in [0, 0.1) is 0 Å². The predicted octanol–water partition coefficient (Wildman–Crippen LogP) is 15.9. The van der Waals surface area contributed by atoms with Crippen LogP contribution in [0.15, 0.2) is 85.1 Å². The smallest absolute Gasteiger partial charge is 0.462 e. The minimum absolute atomic E-state index is 0.0873. The molecule has 0 aromatic rings. The summed E-state index contributed by atoms with van der Waals surface area (Å²) in [5.74, 6) is -1.55. The molecule has 3 atom stereocenters. The summed E-state index contributed by atoms with van der Waals surface area (Å²) in [5.41, 5.74) is 0. The van der Waals surface area contributed by atoms with Gasteiger partial charge in [0, 0.05) is 19.3 Å². The van der Waals surface area contributed by atoms with Gasteiger partial charge in [-0.05, 0) is 89.9 Å². The molecule has 11 nitrogen and oxygen atoms in total. The van der Waals surface area contributed by atoms with E-state index in [0.29, 0.717) is 25.7 Å². The second-order valence-electron chi connectivity index (χ2n) is 18.0. The van der Waals surface area contributed by atoms with Gasteiger partial charge in [-0.2, -0.15) is 0 Å². The Morgan fingerprint density at radius 3 is 1.23 bits per heavy atom. The number of phosphoric acid groups is 1. The van der Waals surface area contributed by atoms with Gasteiger partial charge in [0.25, 0.3) is 0 Å². The van der Waals surface area contributed by atoms with Crippen LogP contribution in [0.3, 0.4) is 0 Å². The van der Waals surface area contributed by atoms with E-state index in [1.165, 1.54) is 70.6 Å². The molecule has 0 saturated heterocycles. The highest BCUT2D eigenvalue weighted by atomic mass is 31.2. The van der Waals surface area contributed by atoms with Crippen molar-refractivity contribution in [1.29, 1.82) is 0 Å². The fraction of sp³-hybridized carbons (Fsp3) is 0.707. The number of aliphatic hydroxyl groups is 1. The fourth-order valence-corrected chi connectivity index (χ4v) is 7.91. The summed E-state index contributed by atoms with van der Waals surface area (Å²) in [6.45, 7) is 4.40. The van der Waals surface area contributed by atoms with Crippen molar-refractivity contribution in [3.63, 3.8) is 0 Å². The predicted molar refractivity (Wildman–Crippen MR) is 288 cm³/mol. The minimum Gasteiger partial charge on any atom is -0.462 e. The van der Waals surface area contributed by atoms with E-state index < -0.39 is 57.8 Å². The Balaban J connectivity index is 4.73. The molecule has 0 aromatic carbocycles. The molecule has 70 heavy (non-hydrogen) atoms. The number of hydrogen-bond acceptors (Lipinski definition) is 10. The third-order valence-corrected chi connectivity index (χ3v) is 12.3. The first-order valence-corrected chi connectivity index (χ1v) is 29.0. The van der Waals surface area contributed by atoms with Crippen LogP contribution in [0.4, 0.5) is 0 Å². The van der Waals surface area contributed by atoms with E-state index in [1.54, 1.807) is 0 Å². The zero-order valence-electron chi connectivity index (χ0n) is 44.2. The van der Waals surface area contributed by atoms with Gasteiger partial charge in [0.05, 0.1) is 19.8 Å². The first-order valence-electron chi connectivity index (χ1n) is 27.5. The molecule has 0 fully saturated rings. The molecule has 0 rings (SSSR count). The highest BCUT2D eigenvalue weighted by Gasteiger charge is 2.28. The summed E-state index contributed by atoms with van der Waals surface area (Å²) in [6.07, 6.45) is 58.5. The first-order chi connectivity index (χ1) is 34.2. The van der Waals surface area contributed by atoms with Crippen LogP contribution in [0.2, 0.25) is 0 Å². The van der Waals surface area contributed by atoms with Crippen molar-refractivity contribution in [3.8, 4) is 0 Å². The first kappa shape index (κ1) is 66.7. The van der Waals surface area contributed by atoms with E-state index in [-0.39, 0.29) is 25.9 Å². The number of phosphoric ester groups is 1. The van der Waals surface area contributed by atoms with E-state index >= 15 is 0 Å². The van der Waals surface area contributed by atoms with Gasteiger partial charge in [0.15, 0.2) is 6.10 Å². The molecule has 12 heteroatoms. The molecule has 0 saturated carbocycles. The van der Waals surface area contributed by atoms with Crippen molar-refractivity contribution >= 4 is 25.7 Å². The Bertz CT molecular complexity index is 1500. The number of carbonyl (C=O) groups excluding carboxylic acids is 3. The summed E-state index contributed by atoms with van der Waals surface area (Å²) < 4.78 is 39.3. The van der Waals surface area contributed by atoms with Gasteiger partial charge in [0.1, 0.15) is 12.7 Å². The maximum absolute atomic E-state index is 12.9. The van der Waals surface area contributed by atoms with Crippen molar-refractivity contribution in [3.05, 3.63) is 85.1 Å². The summed E-state index contributed by atoms with van der Waals surface area (Å²) in [7, 11) is -4.76. The standard InChI is InChI=1S/C58H99O11P/c1-4-7-10-13-16-19-21-23-25-27-29-31-33-36-39-42-45-48-57(61)68-54(50-59)52-66-70(63,64)67-53-55(51-65-56(60)47-44-41-38-35-18-15-12-9-6-3)69-58(62)49-46-43-40-37-34-32-30-28-26-24-22-20-17-14-11-8-5-2/h8,11,16-17,19-20,23-26,30,32,37,40,54-55,59H,4-7,9-10,12-15,18,21-22,27-29,31,33-36,38-39,41-53H2,1-3H3,(H,63,64)/b11-8-,19-16-,20-17-,25-23-,26-24-,32-30-,40-37-.